The zero-order valence-corrected chi connectivity index (χ0v) is 21.6. The van der Waals surface area contributed by atoms with Gasteiger partial charge in [-0.15, -0.1) is 4.99 Å². The number of likely N-dealkylation sites (tertiary alicyclic amines) is 1. The van der Waals surface area contributed by atoms with Crippen molar-refractivity contribution in [3.8, 4) is 17.1 Å². The summed E-state index contributed by atoms with van der Waals surface area (Å²) >= 11 is 0. The minimum absolute atomic E-state index is 0.00414. The fourth-order valence-electron chi connectivity index (χ4n) is 3.81. The summed E-state index contributed by atoms with van der Waals surface area (Å²) in [6.07, 6.45) is -5.43. The Kier molecular flexibility index (Phi) is 9.37. The minimum Gasteiger partial charge on any atom is -0.493 e. The molecule has 2 heterocycles. The van der Waals surface area contributed by atoms with Crippen LogP contribution in [0.15, 0.2) is 27.7 Å². The summed E-state index contributed by atoms with van der Waals surface area (Å²) < 4.78 is 56.9. The van der Waals surface area contributed by atoms with Gasteiger partial charge in [-0.3, -0.25) is 5.32 Å². The van der Waals surface area contributed by atoms with Gasteiger partial charge in [-0.2, -0.15) is 18.2 Å². The highest BCUT2D eigenvalue weighted by atomic mass is 19.4. The van der Waals surface area contributed by atoms with Crippen molar-refractivity contribution in [1.29, 1.82) is 0 Å². The molecule has 0 radical (unpaired) electrons. The topological polar surface area (TPSA) is 160 Å². The van der Waals surface area contributed by atoms with Crippen LogP contribution in [0.2, 0.25) is 0 Å². The molecule has 1 saturated heterocycles. The second-order valence-electron chi connectivity index (χ2n) is 9.64. The number of guanidine groups is 1. The average molecular weight is 558 g/mol. The number of hydrogen-bond donors (Lipinski definition) is 3. The highest BCUT2D eigenvalue weighted by molar-refractivity contribution is 5.98. The first-order chi connectivity index (χ1) is 18.3. The maximum Gasteiger partial charge on any atom is 0.437 e. The predicted molar refractivity (Wildman–Crippen MR) is 130 cm³/mol. The number of aliphatic imine (C=N–C) groups is 1. The zero-order chi connectivity index (χ0) is 28.8. The van der Waals surface area contributed by atoms with Gasteiger partial charge in [0, 0.05) is 18.7 Å². The van der Waals surface area contributed by atoms with E-state index in [1.807, 2.05) is 0 Å². The third-order valence-corrected chi connectivity index (χ3v) is 5.41. The smallest absolute Gasteiger partial charge is 0.437 e. The molecule has 1 aromatic carbocycles. The van der Waals surface area contributed by atoms with E-state index in [1.54, 1.807) is 20.8 Å². The number of aromatic nitrogens is 2. The SMILES string of the molecule is CC(C)(C)OC(=O)N=C(NC(=O)O)N1CCCC1c1nc(-c2ccc(OCCCCO)c(C(F)(F)F)c2)no1. The van der Waals surface area contributed by atoms with E-state index in [2.05, 4.69) is 20.4 Å². The Morgan fingerprint density at radius 2 is 2.00 bits per heavy atom. The van der Waals surface area contributed by atoms with Crippen molar-refractivity contribution in [2.24, 2.45) is 4.99 Å². The van der Waals surface area contributed by atoms with Crippen molar-refractivity contribution >= 4 is 18.1 Å². The Balaban J connectivity index is 1.87. The number of ether oxygens (including phenoxy) is 2. The molecule has 1 fully saturated rings. The molecule has 12 nitrogen and oxygen atoms in total. The molecule has 1 atom stereocenters. The van der Waals surface area contributed by atoms with Gasteiger partial charge in [0.25, 0.3) is 0 Å². The van der Waals surface area contributed by atoms with Crippen molar-refractivity contribution in [1.82, 2.24) is 20.4 Å². The first-order valence-electron chi connectivity index (χ1n) is 12.2. The molecule has 1 aliphatic rings. The van der Waals surface area contributed by atoms with Crippen LogP contribution in [0.4, 0.5) is 22.8 Å². The molecule has 2 amide bonds. The molecule has 0 saturated carbocycles. The van der Waals surface area contributed by atoms with Crippen LogP contribution in [0.5, 0.6) is 5.75 Å². The lowest BCUT2D eigenvalue weighted by atomic mass is 10.1. The Morgan fingerprint density at radius 3 is 2.64 bits per heavy atom. The van der Waals surface area contributed by atoms with Gasteiger partial charge in [-0.25, -0.2) is 9.59 Å². The quantitative estimate of drug-likeness (QED) is 0.249. The number of carbonyl (C=O) groups excluding carboxylic acids is 1. The van der Waals surface area contributed by atoms with Crippen molar-refractivity contribution in [3.05, 3.63) is 29.7 Å². The summed E-state index contributed by atoms with van der Waals surface area (Å²) in [5.74, 6) is -0.783. The fraction of sp³-hybridized carbons (Fsp3) is 0.542. The summed E-state index contributed by atoms with van der Waals surface area (Å²) in [6.45, 7) is 5.08. The van der Waals surface area contributed by atoms with Crippen molar-refractivity contribution in [3.63, 3.8) is 0 Å². The van der Waals surface area contributed by atoms with Gasteiger partial charge in [0.2, 0.25) is 17.7 Å². The third kappa shape index (κ3) is 8.30. The minimum atomic E-state index is -4.72. The average Bonchev–Trinajstić information content (AvgIpc) is 3.49. The number of amides is 2. The number of aliphatic hydroxyl groups excluding tert-OH is 1. The predicted octanol–water partition coefficient (Wildman–Crippen LogP) is 4.60. The monoisotopic (exact) mass is 557 g/mol. The zero-order valence-electron chi connectivity index (χ0n) is 21.6. The van der Waals surface area contributed by atoms with Crippen LogP contribution in [0.25, 0.3) is 11.4 Å². The van der Waals surface area contributed by atoms with Gasteiger partial charge in [0.15, 0.2) is 0 Å². The normalized spacial score (nSPS) is 16.3. The van der Waals surface area contributed by atoms with Crippen LogP contribution in [-0.4, -0.2) is 68.8 Å². The van der Waals surface area contributed by atoms with Crippen LogP contribution < -0.4 is 10.1 Å². The van der Waals surface area contributed by atoms with Gasteiger partial charge in [0.05, 0.1) is 12.2 Å². The van der Waals surface area contributed by atoms with E-state index < -0.39 is 35.6 Å². The number of nitrogens with zero attached hydrogens (tertiary/aromatic N) is 4. The van der Waals surface area contributed by atoms with Crippen LogP contribution in [0, 0.1) is 0 Å². The summed E-state index contributed by atoms with van der Waals surface area (Å²) in [7, 11) is 0. The highest BCUT2D eigenvalue weighted by Crippen LogP contribution is 2.39. The Labute approximate surface area is 221 Å². The van der Waals surface area contributed by atoms with Crippen molar-refractivity contribution in [2.45, 2.75) is 64.3 Å². The largest absolute Gasteiger partial charge is 0.493 e. The summed E-state index contributed by atoms with van der Waals surface area (Å²) in [5, 5.41) is 24.0. The standard InChI is InChI=1S/C24H30F3N5O7/c1-23(2,3)38-22(36)30-20(29-21(34)35)32-10-6-7-16(32)19-28-18(31-39-19)14-8-9-17(37-12-5-4-11-33)15(13-14)24(25,26)27/h8-9,13,16,33H,4-7,10-12H2,1-3H3,(H,34,35)(H,29,30,36). The van der Waals surface area contributed by atoms with Gasteiger partial charge in [-0.05, 0) is 64.7 Å². The number of nitrogens with one attached hydrogen (secondary N) is 1. The molecule has 1 unspecified atom stereocenters. The van der Waals surface area contributed by atoms with E-state index in [9.17, 15) is 27.9 Å². The molecule has 1 aliphatic heterocycles. The Morgan fingerprint density at radius 1 is 1.26 bits per heavy atom. The van der Waals surface area contributed by atoms with E-state index >= 15 is 0 Å². The number of alkyl halides is 3. The number of rotatable bonds is 7. The maximum absolute atomic E-state index is 13.7. The van der Waals surface area contributed by atoms with Gasteiger partial charge < -0.3 is 29.1 Å². The second kappa shape index (κ2) is 12.3. The number of aliphatic hydroxyl groups is 1. The van der Waals surface area contributed by atoms with E-state index in [0.717, 1.165) is 12.1 Å². The molecule has 0 bridgehead atoms. The Hall–Kier alpha value is -3.88. The first kappa shape index (κ1) is 29.7. The number of halogens is 3. The van der Waals surface area contributed by atoms with Crippen LogP contribution >= 0.6 is 0 Å². The van der Waals surface area contributed by atoms with E-state index in [4.69, 9.17) is 19.1 Å². The van der Waals surface area contributed by atoms with Crippen LogP contribution in [-0.2, 0) is 10.9 Å². The highest BCUT2D eigenvalue weighted by Gasteiger charge is 2.37. The lowest BCUT2D eigenvalue weighted by Crippen LogP contribution is -2.44. The number of benzene rings is 1. The number of carboxylic acid groups (broad SMARTS) is 1. The fourth-order valence-corrected chi connectivity index (χ4v) is 3.81. The van der Waals surface area contributed by atoms with E-state index in [0.29, 0.717) is 25.7 Å². The Bertz CT molecular complexity index is 1190. The molecule has 3 N–H and O–H groups in total. The van der Waals surface area contributed by atoms with Crippen molar-refractivity contribution in [2.75, 3.05) is 19.8 Å². The second-order valence-corrected chi connectivity index (χ2v) is 9.64. The first-order valence-corrected chi connectivity index (χ1v) is 12.2. The summed E-state index contributed by atoms with van der Waals surface area (Å²) in [5.41, 5.74) is -1.86. The molecule has 3 rings (SSSR count). The van der Waals surface area contributed by atoms with Gasteiger partial charge >= 0.3 is 18.4 Å². The molecular formula is C24H30F3N5O7. The van der Waals surface area contributed by atoms with Crippen LogP contribution in [0.1, 0.15) is 64.0 Å². The summed E-state index contributed by atoms with van der Waals surface area (Å²) in [4.78, 5) is 33.1. The third-order valence-electron chi connectivity index (χ3n) is 5.41. The lowest BCUT2D eigenvalue weighted by molar-refractivity contribution is -0.138. The van der Waals surface area contributed by atoms with Crippen molar-refractivity contribution < 1.29 is 47.0 Å². The maximum atomic E-state index is 13.7. The number of carbonyl (C=O) groups is 2. The van der Waals surface area contributed by atoms with Crippen LogP contribution in [0.3, 0.4) is 0 Å². The molecule has 214 valence electrons. The molecule has 2 aromatic rings. The summed E-state index contributed by atoms with van der Waals surface area (Å²) in [6, 6.07) is 2.68. The van der Waals surface area contributed by atoms with E-state index in [-0.39, 0.29) is 48.7 Å². The van der Waals surface area contributed by atoms with Gasteiger partial charge in [-0.1, -0.05) is 5.16 Å². The number of hydrogen-bond acceptors (Lipinski definition) is 8. The molecule has 0 aliphatic carbocycles. The molecular weight excluding hydrogens is 527 g/mol. The number of unbranched alkanes of at least 4 members (excludes halogenated alkanes) is 1. The molecule has 1 aromatic heterocycles. The lowest BCUT2D eigenvalue weighted by Gasteiger charge is -2.25. The molecule has 0 spiro atoms. The van der Waals surface area contributed by atoms with E-state index in [1.165, 1.54) is 11.0 Å². The molecule has 15 heteroatoms. The molecule has 39 heavy (non-hydrogen) atoms. The van der Waals surface area contributed by atoms with Gasteiger partial charge in [0.1, 0.15) is 17.4 Å².